The van der Waals surface area contributed by atoms with E-state index in [0.29, 0.717) is 16.3 Å². The second-order valence-corrected chi connectivity index (χ2v) is 4.05. The Morgan fingerprint density at radius 3 is 2.50 bits per heavy atom. The van der Waals surface area contributed by atoms with Crippen LogP contribution in [0.1, 0.15) is 37.0 Å². The van der Waals surface area contributed by atoms with Gasteiger partial charge in [0.2, 0.25) is 0 Å². The Balaban J connectivity index is 2.80. The van der Waals surface area contributed by atoms with Gasteiger partial charge in [0.1, 0.15) is 6.10 Å². The first-order chi connectivity index (χ1) is 7.56. The van der Waals surface area contributed by atoms with Crippen LogP contribution in [0.2, 0.25) is 5.02 Å². The first kappa shape index (κ1) is 12.8. The lowest BCUT2D eigenvalue weighted by molar-refractivity contribution is 0.0284. The summed E-state index contributed by atoms with van der Waals surface area (Å²) in [6, 6.07) is 4.72. The van der Waals surface area contributed by atoms with E-state index in [1.165, 1.54) is 0 Å². The molecule has 0 aliphatic heterocycles. The number of halogens is 1. The summed E-state index contributed by atoms with van der Waals surface area (Å²) in [4.78, 5) is 11.7. The quantitative estimate of drug-likeness (QED) is 0.650. The molecule has 3 nitrogen and oxygen atoms in total. The number of hydrogen-bond donors (Lipinski definition) is 1. The van der Waals surface area contributed by atoms with Crippen molar-refractivity contribution in [3.63, 3.8) is 0 Å². The van der Waals surface area contributed by atoms with Crippen LogP contribution in [0.15, 0.2) is 18.2 Å². The van der Waals surface area contributed by atoms with Crippen LogP contribution in [0.5, 0.6) is 0 Å². The zero-order valence-corrected chi connectivity index (χ0v) is 10.3. The van der Waals surface area contributed by atoms with Crippen molar-refractivity contribution in [3.8, 4) is 0 Å². The van der Waals surface area contributed by atoms with Crippen molar-refractivity contribution in [2.75, 3.05) is 5.73 Å². The highest BCUT2D eigenvalue weighted by Gasteiger charge is 2.13. The molecule has 0 bridgehead atoms. The molecule has 1 aromatic rings. The summed E-state index contributed by atoms with van der Waals surface area (Å²) < 4.78 is 5.29. The number of nitrogen functional groups attached to an aromatic ring is 1. The van der Waals surface area contributed by atoms with Gasteiger partial charge in [-0.1, -0.05) is 25.4 Å². The van der Waals surface area contributed by atoms with Crippen molar-refractivity contribution in [2.24, 2.45) is 0 Å². The van der Waals surface area contributed by atoms with Gasteiger partial charge >= 0.3 is 5.97 Å². The van der Waals surface area contributed by atoms with Crippen molar-refractivity contribution in [1.29, 1.82) is 0 Å². The van der Waals surface area contributed by atoms with E-state index in [-0.39, 0.29) is 12.1 Å². The lowest BCUT2D eigenvalue weighted by Gasteiger charge is -2.14. The van der Waals surface area contributed by atoms with Crippen molar-refractivity contribution in [1.82, 2.24) is 0 Å². The standard InChI is InChI=1S/C12H16ClNO2/c1-3-11(4-2)16-12(15)8-5-9(13)7-10(14)6-8/h5-7,11H,3-4,14H2,1-2H3. The number of ether oxygens (including phenoxy) is 1. The average Bonchev–Trinajstić information content (AvgIpc) is 2.24. The predicted molar refractivity (Wildman–Crippen MR) is 65.6 cm³/mol. The Bertz CT molecular complexity index is 355. The van der Waals surface area contributed by atoms with Gasteiger partial charge in [0.15, 0.2) is 0 Å². The number of carbonyl (C=O) groups is 1. The van der Waals surface area contributed by atoms with E-state index in [0.717, 1.165) is 12.8 Å². The summed E-state index contributed by atoms with van der Waals surface area (Å²) in [6.45, 7) is 3.96. The van der Waals surface area contributed by atoms with Crippen LogP contribution in [0.25, 0.3) is 0 Å². The third-order valence-electron chi connectivity index (χ3n) is 2.34. The SMILES string of the molecule is CCC(CC)OC(=O)c1cc(N)cc(Cl)c1. The second-order valence-electron chi connectivity index (χ2n) is 3.62. The minimum atomic E-state index is -0.372. The minimum Gasteiger partial charge on any atom is -0.459 e. The first-order valence-corrected chi connectivity index (χ1v) is 5.71. The summed E-state index contributed by atoms with van der Waals surface area (Å²) in [7, 11) is 0. The number of rotatable bonds is 4. The molecule has 2 N–H and O–H groups in total. The molecule has 0 saturated heterocycles. The molecule has 0 aliphatic rings. The van der Waals surface area contributed by atoms with Gasteiger partial charge in [-0.2, -0.15) is 0 Å². The van der Waals surface area contributed by atoms with Crippen LogP contribution in [0.3, 0.4) is 0 Å². The maximum Gasteiger partial charge on any atom is 0.338 e. The highest BCUT2D eigenvalue weighted by atomic mass is 35.5. The topological polar surface area (TPSA) is 52.3 Å². The zero-order valence-electron chi connectivity index (χ0n) is 9.50. The minimum absolute atomic E-state index is 0.0484. The Morgan fingerprint density at radius 2 is 2.00 bits per heavy atom. The molecule has 0 heterocycles. The highest BCUT2D eigenvalue weighted by molar-refractivity contribution is 6.31. The summed E-state index contributed by atoms with van der Waals surface area (Å²) in [6.07, 6.45) is 1.56. The van der Waals surface area contributed by atoms with Crippen molar-refractivity contribution >= 4 is 23.3 Å². The van der Waals surface area contributed by atoms with Gasteiger partial charge in [0, 0.05) is 10.7 Å². The molecule has 0 saturated carbocycles. The molecule has 0 aliphatic carbocycles. The average molecular weight is 242 g/mol. The molecule has 1 rings (SSSR count). The lowest BCUT2D eigenvalue weighted by atomic mass is 10.2. The molecule has 4 heteroatoms. The van der Waals surface area contributed by atoms with Gasteiger partial charge in [-0.3, -0.25) is 0 Å². The highest BCUT2D eigenvalue weighted by Crippen LogP contribution is 2.18. The third-order valence-corrected chi connectivity index (χ3v) is 2.56. The number of benzene rings is 1. The zero-order chi connectivity index (χ0) is 12.1. The fraction of sp³-hybridized carbons (Fsp3) is 0.417. The molecule has 16 heavy (non-hydrogen) atoms. The van der Waals surface area contributed by atoms with E-state index in [1.807, 2.05) is 13.8 Å². The Hall–Kier alpha value is -1.22. The van der Waals surface area contributed by atoms with E-state index in [4.69, 9.17) is 22.1 Å². The van der Waals surface area contributed by atoms with E-state index in [2.05, 4.69) is 0 Å². The van der Waals surface area contributed by atoms with Crippen LogP contribution in [0, 0.1) is 0 Å². The van der Waals surface area contributed by atoms with Gasteiger partial charge in [-0.05, 0) is 31.0 Å². The van der Waals surface area contributed by atoms with E-state index in [9.17, 15) is 4.79 Å². The first-order valence-electron chi connectivity index (χ1n) is 5.33. The molecule has 0 amide bonds. The maximum absolute atomic E-state index is 11.7. The normalized spacial score (nSPS) is 10.5. The van der Waals surface area contributed by atoms with Gasteiger partial charge in [-0.15, -0.1) is 0 Å². The van der Waals surface area contributed by atoms with Crippen LogP contribution in [0.4, 0.5) is 5.69 Å². The maximum atomic E-state index is 11.7. The summed E-state index contributed by atoms with van der Waals surface area (Å²) in [5.41, 5.74) is 6.46. The molecule has 88 valence electrons. The number of esters is 1. The molecular formula is C12H16ClNO2. The van der Waals surface area contributed by atoms with Crippen molar-refractivity contribution in [2.45, 2.75) is 32.8 Å². The van der Waals surface area contributed by atoms with Crippen molar-refractivity contribution < 1.29 is 9.53 Å². The second kappa shape index (κ2) is 5.75. The fourth-order valence-corrected chi connectivity index (χ4v) is 1.65. The largest absolute Gasteiger partial charge is 0.459 e. The van der Waals surface area contributed by atoms with Crippen LogP contribution in [-0.2, 0) is 4.74 Å². The van der Waals surface area contributed by atoms with Gasteiger partial charge in [0.25, 0.3) is 0 Å². The van der Waals surface area contributed by atoms with Gasteiger partial charge in [0.05, 0.1) is 5.56 Å². The molecule has 0 atom stereocenters. The van der Waals surface area contributed by atoms with E-state index >= 15 is 0 Å². The molecule has 1 aromatic carbocycles. The molecule has 0 fully saturated rings. The summed E-state index contributed by atoms with van der Waals surface area (Å²) >= 11 is 5.81. The number of carbonyl (C=O) groups excluding carboxylic acids is 1. The van der Waals surface area contributed by atoms with E-state index < -0.39 is 0 Å². The fourth-order valence-electron chi connectivity index (χ4n) is 1.40. The van der Waals surface area contributed by atoms with E-state index in [1.54, 1.807) is 18.2 Å². The van der Waals surface area contributed by atoms with Gasteiger partial charge < -0.3 is 10.5 Å². The number of nitrogens with two attached hydrogens (primary N) is 1. The molecule has 0 radical (unpaired) electrons. The smallest absolute Gasteiger partial charge is 0.338 e. The molecule has 0 spiro atoms. The van der Waals surface area contributed by atoms with Crippen molar-refractivity contribution in [3.05, 3.63) is 28.8 Å². The lowest BCUT2D eigenvalue weighted by Crippen LogP contribution is -2.16. The van der Waals surface area contributed by atoms with Crippen LogP contribution < -0.4 is 5.73 Å². The monoisotopic (exact) mass is 241 g/mol. The van der Waals surface area contributed by atoms with Gasteiger partial charge in [-0.25, -0.2) is 4.79 Å². The Kier molecular flexibility index (Phi) is 4.62. The predicted octanol–water partition coefficient (Wildman–Crippen LogP) is 3.27. The third kappa shape index (κ3) is 3.42. The summed E-state index contributed by atoms with van der Waals surface area (Å²) in [5.74, 6) is -0.372. The number of anilines is 1. The van der Waals surface area contributed by atoms with Crippen LogP contribution >= 0.6 is 11.6 Å². The number of hydrogen-bond acceptors (Lipinski definition) is 3. The molecule has 0 aromatic heterocycles. The van der Waals surface area contributed by atoms with Crippen LogP contribution in [-0.4, -0.2) is 12.1 Å². The Morgan fingerprint density at radius 1 is 1.38 bits per heavy atom. The summed E-state index contributed by atoms with van der Waals surface area (Å²) in [5, 5.41) is 0.441. The molecular weight excluding hydrogens is 226 g/mol. The Labute approximate surface area is 101 Å². The molecule has 0 unspecified atom stereocenters.